The van der Waals surface area contributed by atoms with Crippen LogP contribution in [-0.2, 0) is 16.0 Å². The van der Waals surface area contributed by atoms with Gasteiger partial charge < -0.3 is 15.2 Å². The van der Waals surface area contributed by atoms with Crippen molar-refractivity contribution in [2.24, 2.45) is 5.92 Å². The van der Waals surface area contributed by atoms with Crippen LogP contribution in [0.15, 0.2) is 24.3 Å². The van der Waals surface area contributed by atoms with Crippen LogP contribution in [0.5, 0.6) is 5.75 Å². The molecule has 120 valence electrons. The number of amides is 1. The highest BCUT2D eigenvalue weighted by atomic mass is 19.3. The molecule has 1 aromatic carbocycles. The summed E-state index contributed by atoms with van der Waals surface area (Å²) in [4.78, 5) is 23.1. The number of halogens is 2. The zero-order valence-electron chi connectivity index (χ0n) is 11.8. The van der Waals surface area contributed by atoms with Crippen molar-refractivity contribution in [3.63, 3.8) is 0 Å². The highest BCUT2D eigenvalue weighted by molar-refractivity contribution is 5.85. The fourth-order valence-corrected chi connectivity index (χ4v) is 2.19. The van der Waals surface area contributed by atoms with Crippen LogP contribution in [0.25, 0.3) is 0 Å². The molecule has 1 amide bonds. The predicted molar refractivity (Wildman–Crippen MR) is 73.7 cm³/mol. The third-order valence-corrected chi connectivity index (χ3v) is 3.44. The number of alkyl halides is 2. The number of para-hydroxylation sites is 1. The molecule has 0 heterocycles. The molecule has 0 spiro atoms. The molecule has 1 aliphatic rings. The van der Waals surface area contributed by atoms with Crippen LogP contribution in [0.4, 0.5) is 8.78 Å². The van der Waals surface area contributed by atoms with Crippen molar-refractivity contribution in [3.05, 3.63) is 29.8 Å². The zero-order chi connectivity index (χ0) is 16.1. The lowest BCUT2D eigenvalue weighted by Gasteiger charge is -2.15. The van der Waals surface area contributed by atoms with Crippen LogP contribution in [0.1, 0.15) is 24.8 Å². The first-order chi connectivity index (χ1) is 10.5. The molecule has 0 aromatic heterocycles. The Morgan fingerprint density at radius 2 is 2.00 bits per heavy atom. The third-order valence-electron chi connectivity index (χ3n) is 3.44. The standard InChI is InChI=1S/C15H17F2NO4/c16-15(17)22-12-4-2-1-3-10(12)8-13(19)18-11(14(20)21)7-9-5-6-9/h1-4,9,11,15H,5-8H2,(H,18,19)(H,20,21). The summed E-state index contributed by atoms with van der Waals surface area (Å²) in [5.74, 6) is -1.35. The van der Waals surface area contributed by atoms with Crippen LogP contribution >= 0.6 is 0 Å². The number of hydrogen-bond donors (Lipinski definition) is 2. The Hall–Kier alpha value is -2.18. The number of carbonyl (C=O) groups excluding carboxylic acids is 1. The van der Waals surface area contributed by atoms with Crippen molar-refractivity contribution in [2.75, 3.05) is 0 Å². The number of benzene rings is 1. The van der Waals surface area contributed by atoms with Gasteiger partial charge in [0.05, 0.1) is 6.42 Å². The molecular formula is C15H17F2NO4. The lowest BCUT2D eigenvalue weighted by atomic mass is 10.1. The fraction of sp³-hybridized carbons (Fsp3) is 0.467. The molecule has 22 heavy (non-hydrogen) atoms. The van der Waals surface area contributed by atoms with Crippen LogP contribution in [0, 0.1) is 5.92 Å². The minimum Gasteiger partial charge on any atom is -0.480 e. The maximum atomic E-state index is 12.3. The second-order valence-electron chi connectivity index (χ2n) is 5.30. The summed E-state index contributed by atoms with van der Waals surface area (Å²) in [5, 5.41) is 11.5. The lowest BCUT2D eigenvalue weighted by Crippen LogP contribution is -2.41. The van der Waals surface area contributed by atoms with Gasteiger partial charge in [-0.2, -0.15) is 8.78 Å². The van der Waals surface area contributed by atoms with Gasteiger partial charge in [-0.15, -0.1) is 0 Å². The summed E-state index contributed by atoms with van der Waals surface area (Å²) in [6.07, 6.45) is 2.14. The minimum absolute atomic E-state index is 0.0817. The normalized spacial score (nSPS) is 15.4. The summed E-state index contributed by atoms with van der Waals surface area (Å²) in [7, 11) is 0. The van der Waals surface area contributed by atoms with Crippen molar-refractivity contribution < 1.29 is 28.2 Å². The molecule has 0 aliphatic heterocycles. The number of nitrogens with one attached hydrogen (secondary N) is 1. The monoisotopic (exact) mass is 313 g/mol. The first-order valence-corrected chi connectivity index (χ1v) is 7.00. The van der Waals surface area contributed by atoms with E-state index in [4.69, 9.17) is 5.11 Å². The molecule has 1 aromatic rings. The quantitative estimate of drug-likeness (QED) is 0.771. The molecule has 2 N–H and O–H groups in total. The third kappa shape index (κ3) is 4.98. The summed E-state index contributed by atoms with van der Waals surface area (Å²) in [6, 6.07) is 5.01. The first-order valence-electron chi connectivity index (χ1n) is 7.00. The Morgan fingerprint density at radius 3 is 2.59 bits per heavy atom. The number of rotatable bonds is 8. The van der Waals surface area contributed by atoms with Gasteiger partial charge in [0.25, 0.3) is 0 Å². The Morgan fingerprint density at radius 1 is 1.32 bits per heavy atom. The topological polar surface area (TPSA) is 75.6 Å². The van der Waals surface area contributed by atoms with Gasteiger partial charge >= 0.3 is 12.6 Å². The van der Waals surface area contributed by atoms with E-state index in [1.165, 1.54) is 18.2 Å². The molecule has 1 saturated carbocycles. The second kappa shape index (κ2) is 7.20. The highest BCUT2D eigenvalue weighted by Gasteiger charge is 2.30. The Bertz CT molecular complexity index is 546. The summed E-state index contributed by atoms with van der Waals surface area (Å²) in [5.41, 5.74) is 0.288. The Balaban J connectivity index is 1.97. The largest absolute Gasteiger partial charge is 0.480 e. The van der Waals surface area contributed by atoms with Crippen molar-refractivity contribution >= 4 is 11.9 Å². The summed E-state index contributed by atoms with van der Waals surface area (Å²) in [6.45, 7) is -2.98. The molecular weight excluding hydrogens is 296 g/mol. The molecule has 0 saturated heterocycles. The molecule has 7 heteroatoms. The zero-order valence-corrected chi connectivity index (χ0v) is 11.8. The molecule has 1 atom stereocenters. The van der Waals surface area contributed by atoms with Crippen LogP contribution < -0.4 is 10.1 Å². The van der Waals surface area contributed by atoms with E-state index >= 15 is 0 Å². The van der Waals surface area contributed by atoms with Crippen LogP contribution in [-0.4, -0.2) is 29.6 Å². The number of hydrogen-bond acceptors (Lipinski definition) is 3. The van der Waals surface area contributed by atoms with Crippen LogP contribution in [0.2, 0.25) is 0 Å². The number of carbonyl (C=O) groups is 2. The number of ether oxygens (including phenoxy) is 1. The minimum atomic E-state index is -2.98. The molecule has 5 nitrogen and oxygen atoms in total. The van der Waals surface area contributed by atoms with E-state index in [9.17, 15) is 18.4 Å². The molecule has 0 radical (unpaired) electrons. The van der Waals surface area contributed by atoms with Gasteiger partial charge in [-0.05, 0) is 18.4 Å². The second-order valence-corrected chi connectivity index (χ2v) is 5.30. The van der Waals surface area contributed by atoms with Gasteiger partial charge in [0.2, 0.25) is 5.91 Å². The van der Waals surface area contributed by atoms with Crippen molar-refractivity contribution in [3.8, 4) is 5.75 Å². The molecule has 0 bridgehead atoms. The van der Waals surface area contributed by atoms with Gasteiger partial charge in [0.1, 0.15) is 11.8 Å². The number of carboxylic acid groups (broad SMARTS) is 1. The molecule has 1 unspecified atom stereocenters. The average Bonchev–Trinajstić information content (AvgIpc) is 3.23. The van der Waals surface area contributed by atoms with Gasteiger partial charge in [-0.25, -0.2) is 4.79 Å². The maximum Gasteiger partial charge on any atom is 0.387 e. The molecule has 1 aliphatic carbocycles. The maximum absolute atomic E-state index is 12.3. The van der Waals surface area contributed by atoms with E-state index in [2.05, 4.69) is 10.1 Å². The molecule has 2 rings (SSSR count). The smallest absolute Gasteiger partial charge is 0.387 e. The van der Waals surface area contributed by atoms with Crippen molar-refractivity contribution in [2.45, 2.75) is 38.3 Å². The van der Waals surface area contributed by atoms with Gasteiger partial charge in [-0.3, -0.25) is 4.79 Å². The predicted octanol–water partition coefficient (Wildman–Crippen LogP) is 2.20. The Kier molecular flexibility index (Phi) is 5.30. The van der Waals surface area contributed by atoms with Crippen molar-refractivity contribution in [1.82, 2.24) is 5.32 Å². The summed E-state index contributed by atoms with van der Waals surface area (Å²) < 4.78 is 29.0. The van der Waals surface area contributed by atoms with E-state index in [-0.39, 0.29) is 17.7 Å². The fourth-order valence-electron chi connectivity index (χ4n) is 2.19. The first kappa shape index (κ1) is 16.2. The van der Waals surface area contributed by atoms with Gasteiger partial charge in [0.15, 0.2) is 0 Å². The lowest BCUT2D eigenvalue weighted by molar-refractivity contribution is -0.142. The number of carboxylic acids is 1. The molecule has 1 fully saturated rings. The van der Waals surface area contributed by atoms with E-state index in [0.717, 1.165) is 12.8 Å². The van der Waals surface area contributed by atoms with E-state index < -0.39 is 24.5 Å². The highest BCUT2D eigenvalue weighted by Crippen LogP contribution is 2.33. The van der Waals surface area contributed by atoms with E-state index in [0.29, 0.717) is 12.3 Å². The Labute approximate surface area is 126 Å². The van der Waals surface area contributed by atoms with Crippen molar-refractivity contribution in [1.29, 1.82) is 0 Å². The SMILES string of the molecule is O=C(Cc1ccccc1OC(F)F)NC(CC1CC1)C(=O)O. The van der Waals surface area contributed by atoms with E-state index in [1.54, 1.807) is 6.07 Å². The number of aliphatic carboxylic acids is 1. The van der Waals surface area contributed by atoms with Gasteiger partial charge in [0, 0.05) is 5.56 Å². The summed E-state index contributed by atoms with van der Waals surface area (Å²) >= 11 is 0. The van der Waals surface area contributed by atoms with Gasteiger partial charge in [-0.1, -0.05) is 31.0 Å². The van der Waals surface area contributed by atoms with Crippen LogP contribution in [0.3, 0.4) is 0 Å². The average molecular weight is 313 g/mol. The van der Waals surface area contributed by atoms with E-state index in [1.807, 2.05) is 0 Å².